The molecule has 0 saturated heterocycles. The smallest absolute Gasteiger partial charge is 0.337 e. The van der Waals surface area contributed by atoms with Crippen LogP contribution in [0.15, 0.2) is 124 Å². The molecule has 0 amide bonds. The summed E-state index contributed by atoms with van der Waals surface area (Å²) in [5.74, 6) is 0.207. The summed E-state index contributed by atoms with van der Waals surface area (Å²) in [6.45, 7) is 2.05. The van der Waals surface area contributed by atoms with Gasteiger partial charge in [-0.25, -0.2) is 9.78 Å². The van der Waals surface area contributed by atoms with Gasteiger partial charge in [-0.15, -0.1) is 0 Å². The van der Waals surface area contributed by atoms with Gasteiger partial charge in [0.25, 0.3) is 5.56 Å². The summed E-state index contributed by atoms with van der Waals surface area (Å²) in [4.78, 5) is 30.7. The molecule has 0 spiro atoms. The van der Waals surface area contributed by atoms with Crippen molar-refractivity contribution in [1.82, 2.24) is 14.2 Å². The van der Waals surface area contributed by atoms with Crippen LogP contribution in [-0.2, 0) is 11.2 Å². The lowest BCUT2D eigenvalue weighted by atomic mass is 10.1. The number of hydrogen-bond acceptors (Lipinski definition) is 5. The Labute approximate surface area is 263 Å². The largest absolute Gasteiger partial charge is 0.465 e. The Morgan fingerprint density at radius 2 is 1.59 bits per heavy atom. The molecule has 0 saturated carbocycles. The van der Waals surface area contributed by atoms with Crippen molar-refractivity contribution in [2.45, 2.75) is 19.8 Å². The minimum Gasteiger partial charge on any atom is -0.465 e. The maximum absolute atomic E-state index is 13.7. The topological polar surface area (TPSA) is 78.5 Å². The lowest BCUT2D eigenvalue weighted by Gasteiger charge is -2.15. The highest BCUT2D eigenvalue weighted by atomic mass is 79.9. The number of aryl methyl sites for hydroxylation is 1. The van der Waals surface area contributed by atoms with Gasteiger partial charge < -0.3 is 9.30 Å². The third kappa shape index (κ3) is 5.64. The standard InChI is InChI=1S/C36H29BrN4O3/c1-3-10-33-39-31-20-17-28(37)22-30(31)35(42)41(33)38-23-27-21-32(24-11-6-4-7-12-24)40(34(27)25-13-8-5-9-14-25)29-18-15-26(16-19-29)36(43)44-2/h4-9,11-23H,3,10H2,1-2H3. The zero-order valence-electron chi connectivity index (χ0n) is 24.3. The van der Waals surface area contributed by atoms with E-state index in [1.807, 2.05) is 72.8 Å². The Morgan fingerprint density at radius 1 is 0.909 bits per heavy atom. The van der Waals surface area contributed by atoms with Gasteiger partial charge in [0, 0.05) is 22.1 Å². The van der Waals surface area contributed by atoms with E-state index in [4.69, 9.17) is 14.8 Å². The van der Waals surface area contributed by atoms with E-state index < -0.39 is 5.97 Å². The number of nitrogens with zero attached hydrogens (tertiary/aromatic N) is 4. The number of carbonyl (C=O) groups is 1. The molecule has 2 aromatic heterocycles. The molecule has 8 heteroatoms. The quantitative estimate of drug-likeness (QED) is 0.125. The number of fused-ring (bicyclic) bond motifs is 1. The molecule has 2 heterocycles. The Balaban J connectivity index is 1.60. The van der Waals surface area contributed by atoms with Crippen LogP contribution in [0.2, 0.25) is 0 Å². The molecule has 0 aliphatic rings. The van der Waals surface area contributed by atoms with E-state index in [9.17, 15) is 9.59 Å². The molecule has 6 aromatic rings. The molecule has 0 radical (unpaired) electrons. The van der Waals surface area contributed by atoms with E-state index in [0.29, 0.717) is 28.7 Å². The fraction of sp³-hybridized carbons (Fsp3) is 0.111. The number of esters is 1. The number of aromatic nitrogens is 3. The molecule has 0 atom stereocenters. The Morgan fingerprint density at radius 3 is 2.25 bits per heavy atom. The average Bonchev–Trinajstić information content (AvgIpc) is 3.45. The fourth-order valence-electron chi connectivity index (χ4n) is 5.29. The number of ether oxygens (including phenoxy) is 1. The van der Waals surface area contributed by atoms with Crippen LogP contribution in [0.3, 0.4) is 0 Å². The molecule has 0 aliphatic carbocycles. The van der Waals surface area contributed by atoms with Crippen LogP contribution in [0, 0.1) is 0 Å². The molecule has 7 nitrogen and oxygen atoms in total. The number of benzene rings is 4. The molecule has 0 N–H and O–H groups in total. The molecule has 0 fully saturated rings. The molecule has 0 aliphatic heterocycles. The van der Waals surface area contributed by atoms with Gasteiger partial charge in [-0.3, -0.25) is 4.79 Å². The second-order valence-corrected chi connectivity index (χ2v) is 11.2. The maximum atomic E-state index is 13.7. The van der Waals surface area contributed by atoms with Crippen molar-refractivity contribution in [3.63, 3.8) is 0 Å². The predicted octanol–water partition coefficient (Wildman–Crippen LogP) is 7.91. The summed E-state index contributed by atoms with van der Waals surface area (Å²) in [6, 6.07) is 35.0. The number of methoxy groups -OCH3 is 1. The lowest BCUT2D eigenvalue weighted by molar-refractivity contribution is 0.0600. The van der Waals surface area contributed by atoms with E-state index in [2.05, 4.69) is 45.6 Å². The minimum atomic E-state index is -0.396. The van der Waals surface area contributed by atoms with Crippen molar-refractivity contribution >= 4 is 39.0 Å². The van der Waals surface area contributed by atoms with Crippen LogP contribution in [0.4, 0.5) is 0 Å². The summed E-state index contributed by atoms with van der Waals surface area (Å²) in [5.41, 5.74) is 6.35. The van der Waals surface area contributed by atoms with Gasteiger partial charge in [-0.05, 0) is 66.1 Å². The zero-order chi connectivity index (χ0) is 30.6. The first-order chi connectivity index (χ1) is 21.5. The number of hydrogen-bond donors (Lipinski definition) is 0. The Kier molecular flexibility index (Phi) is 8.34. The first-order valence-corrected chi connectivity index (χ1v) is 15.1. The number of carbonyl (C=O) groups excluding carboxylic acids is 1. The van der Waals surface area contributed by atoms with E-state index in [-0.39, 0.29) is 5.56 Å². The Hall–Kier alpha value is -5.08. The third-order valence-electron chi connectivity index (χ3n) is 7.35. The Bertz CT molecular complexity index is 2050. The van der Waals surface area contributed by atoms with Crippen LogP contribution in [-0.4, -0.2) is 33.5 Å². The fourth-order valence-corrected chi connectivity index (χ4v) is 5.65. The first-order valence-electron chi connectivity index (χ1n) is 14.3. The molecule has 0 bridgehead atoms. The van der Waals surface area contributed by atoms with Gasteiger partial charge in [-0.2, -0.15) is 9.78 Å². The van der Waals surface area contributed by atoms with E-state index in [1.165, 1.54) is 11.8 Å². The summed E-state index contributed by atoms with van der Waals surface area (Å²) >= 11 is 3.48. The number of halogens is 1. The second-order valence-electron chi connectivity index (χ2n) is 10.2. The molecular weight excluding hydrogens is 616 g/mol. The average molecular weight is 646 g/mol. The monoisotopic (exact) mass is 644 g/mol. The minimum absolute atomic E-state index is 0.224. The molecule has 0 unspecified atom stereocenters. The van der Waals surface area contributed by atoms with Crippen molar-refractivity contribution in [1.29, 1.82) is 0 Å². The van der Waals surface area contributed by atoms with E-state index in [0.717, 1.165) is 44.7 Å². The van der Waals surface area contributed by atoms with Crippen LogP contribution in [0.25, 0.3) is 39.1 Å². The van der Waals surface area contributed by atoms with Gasteiger partial charge >= 0.3 is 5.97 Å². The van der Waals surface area contributed by atoms with Gasteiger partial charge in [0.2, 0.25) is 0 Å². The van der Waals surface area contributed by atoms with Crippen molar-refractivity contribution in [3.8, 4) is 28.2 Å². The highest BCUT2D eigenvalue weighted by Crippen LogP contribution is 2.35. The van der Waals surface area contributed by atoms with Crippen molar-refractivity contribution in [2.24, 2.45) is 5.10 Å². The van der Waals surface area contributed by atoms with Crippen LogP contribution >= 0.6 is 15.9 Å². The molecular formula is C36H29BrN4O3. The maximum Gasteiger partial charge on any atom is 0.337 e. The van der Waals surface area contributed by atoms with Gasteiger partial charge in [-0.1, -0.05) is 83.5 Å². The third-order valence-corrected chi connectivity index (χ3v) is 7.85. The van der Waals surface area contributed by atoms with Crippen LogP contribution < -0.4 is 5.56 Å². The summed E-state index contributed by atoms with van der Waals surface area (Å²) in [6.07, 6.45) is 3.16. The van der Waals surface area contributed by atoms with Crippen LogP contribution in [0.5, 0.6) is 0 Å². The zero-order valence-corrected chi connectivity index (χ0v) is 25.9. The van der Waals surface area contributed by atoms with Gasteiger partial charge in [0.1, 0.15) is 5.82 Å². The molecule has 218 valence electrons. The molecule has 4 aromatic carbocycles. The second kappa shape index (κ2) is 12.7. The SMILES string of the molecule is CCCc1nc2ccc(Br)cc2c(=O)n1N=Cc1cc(-c2ccccc2)n(-c2ccc(C(=O)OC)cc2)c1-c1ccccc1. The summed E-state index contributed by atoms with van der Waals surface area (Å²) in [7, 11) is 1.37. The lowest BCUT2D eigenvalue weighted by Crippen LogP contribution is -2.22. The van der Waals surface area contributed by atoms with Crippen molar-refractivity contribution in [2.75, 3.05) is 7.11 Å². The van der Waals surface area contributed by atoms with Crippen molar-refractivity contribution < 1.29 is 9.53 Å². The van der Waals surface area contributed by atoms with Gasteiger partial charge in [0.05, 0.1) is 41.2 Å². The number of rotatable bonds is 8. The van der Waals surface area contributed by atoms with E-state index >= 15 is 0 Å². The van der Waals surface area contributed by atoms with Crippen molar-refractivity contribution in [3.05, 3.63) is 141 Å². The highest BCUT2D eigenvalue weighted by Gasteiger charge is 2.20. The van der Waals surface area contributed by atoms with E-state index in [1.54, 1.807) is 24.4 Å². The normalized spacial score (nSPS) is 11.3. The molecule has 44 heavy (non-hydrogen) atoms. The van der Waals surface area contributed by atoms with Crippen LogP contribution in [0.1, 0.15) is 35.1 Å². The highest BCUT2D eigenvalue weighted by molar-refractivity contribution is 9.10. The summed E-state index contributed by atoms with van der Waals surface area (Å²) < 4.78 is 9.29. The first kappa shape index (κ1) is 29.0. The predicted molar refractivity (Wildman–Crippen MR) is 179 cm³/mol. The summed E-state index contributed by atoms with van der Waals surface area (Å²) in [5, 5.41) is 5.27. The van der Waals surface area contributed by atoms with Gasteiger partial charge in [0.15, 0.2) is 0 Å². The molecule has 6 rings (SSSR count).